The molecule has 0 spiro atoms. The minimum Gasteiger partial charge on any atom is -0.750 e. The fraction of sp³-hybridized carbons (Fsp3) is 1.00. The SMILES string of the molecule is C.O=[P+]([O-])OP(=O)([O-])O[P+](=O)[O-].O=[P+]([O-])OP(=O)([O-])O[P+](=O)[O-].[NH4+].[NH4+].[NH4+].[NH4+].[NH4+].[NH4+]. The standard InChI is InChI=1S/CH4.6H3N.2HO8P3/c;;;;;;;2*1-9(2)7-11(5,6)8-10(3)4/h1H4;6*1H3;2*(H,5,6)/p+4. The van der Waals surface area contributed by atoms with Crippen LogP contribution in [0.5, 0.6) is 0 Å². The maximum Gasteiger partial charge on any atom is 0.496 e. The first kappa shape index (κ1) is 56.9. The lowest BCUT2D eigenvalue weighted by atomic mass is 12.0. The van der Waals surface area contributed by atoms with Crippen molar-refractivity contribution in [1.82, 2.24) is 36.9 Å². The van der Waals surface area contributed by atoms with E-state index in [1.54, 1.807) is 0 Å². The maximum absolute atomic E-state index is 10.1. The third kappa shape index (κ3) is 47.5. The lowest BCUT2D eigenvalue weighted by Crippen LogP contribution is -2.06. The second-order valence-electron chi connectivity index (χ2n) is 2.12. The molecule has 0 aromatic rings. The van der Waals surface area contributed by atoms with Gasteiger partial charge >= 0.3 is 48.7 Å². The molecule has 0 aromatic carbocycles. The van der Waals surface area contributed by atoms with Gasteiger partial charge in [-0.1, -0.05) is 24.7 Å². The first-order valence-corrected chi connectivity index (χ1v) is 11.0. The predicted molar refractivity (Wildman–Crippen MR) is 92.6 cm³/mol. The molecule has 4 unspecified atom stereocenters. The van der Waals surface area contributed by atoms with Crippen LogP contribution < -0.4 is 66.3 Å². The van der Waals surface area contributed by atoms with Crippen LogP contribution in [0, 0.1) is 0 Å². The molecule has 22 nitrogen and oxygen atoms in total. The van der Waals surface area contributed by atoms with E-state index in [9.17, 15) is 56.8 Å². The molecule has 0 heterocycles. The highest BCUT2D eigenvalue weighted by Crippen LogP contribution is 2.51. The van der Waals surface area contributed by atoms with Gasteiger partial charge in [-0.3, -0.25) is 9.13 Å². The topological polar surface area (TPSA) is 497 Å². The Balaban J connectivity index is -0.0000000317. The van der Waals surface area contributed by atoms with Crippen LogP contribution in [0.3, 0.4) is 0 Å². The molecule has 0 aromatic heterocycles. The molecule has 0 saturated carbocycles. The molecule has 0 fully saturated rings. The highest BCUT2D eigenvalue weighted by Gasteiger charge is 2.27. The Labute approximate surface area is 167 Å². The molecular weight excluding hydrogens is 538 g/mol. The normalized spacial score (nSPS) is 14.3. The summed E-state index contributed by atoms with van der Waals surface area (Å²) in [7, 11) is -25.2. The first-order valence-electron chi connectivity index (χ1n) is 3.65. The van der Waals surface area contributed by atoms with E-state index in [0.29, 0.717) is 0 Å². The van der Waals surface area contributed by atoms with E-state index >= 15 is 0 Å². The molecule has 0 bridgehead atoms. The number of quaternary nitrogens is 6. The number of rotatable bonds is 8. The van der Waals surface area contributed by atoms with Crippen molar-refractivity contribution in [3.05, 3.63) is 0 Å². The highest BCUT2D eigenvalue weighted by atomic mass is 31.3. The molecule has 0 aliphatic heterocycles. The van der Waals surface area contributed by atoms with Crippen molar-refractivity contribution in [3.63, 3.8) is 0 Å². The van der Waals surface area contributed by atoms with Gasteiger partial charge in [-0.05, 0) is 18.3 Å². The largest absolute Gasteiger partial charge is 0.750 e. The summed E-state index contributed by atoms with van der Waals surface area (Å²) in [6.45, 7) is 0. The quantitative estimate of drug-likeness (QED) is 0.209. The monoisotopic (exact) mass is 566 g/mol. The van der Waals surface area contributed by atoms with Crippen molar-refractivity contribution >= 4 is 48.7 Å². The Morgan fingerprint density at radius 3 is 0.655 bits per heavy atom. The van der Waals surface area contributed by atoms with Crippen LogP contribution in [0.15, 0.2) is 0 Å². The van der Waals surface area contributed by atoms with E-state index in [2.05, 4.69) is 17.2 Å². The second kappa shape index (κ2) is 26.3. The minimum absolute atomic E-state index is 0. The smallest absolute Gasteiger partial charge is 0.496 e. The Morgan fingerprint density at radius 1 is 0.483 bits per heavy atom. The van der Waals surface area contributed by atoms with Crippen LogP contribution in [0.1, 0.15) is 7.43 Å². The molecule has 0 rings (SSSR count). The summed E-state index contributed by atoms with van der Waals surface area (Å²) in [5.74, 6) is 0. The van der Waals surface area contributed by atoms with Crippen LogP contribution in [-0.2, 0) is 44.6 Å². The van der Waals surface area contributed by atoms with Crippen molar-refractivity contribution in [3.8, 4) is 0 Å². The van der Waals surface area contributed by atoms with E-state index < -0.39 is 48.7 Å². The van der Waals surface area contributed by atoms with Gasteiger partial charge in [0.1, 0.15) is 0 Å². The third-order valence-electron chi connectivity index (χ3n) is 0.667. The summed E-state index contributed by atoms with van der Waals surface area (Å²) in [4.78, 5) is 58.4. The van der Waals surface area contributed by atoms with Gasteiger partial charge in [0.25, 0.3) is 0 Å². The molecule has 184 valence electrons. The van der Waals surface area contributed by atoms with E-state index in [1.165, 1.54) is 0 Å². The Kier molecular flexibility index (Phi) is 51.5. The van der Waals surface area contributed by atoms with Crippen LogP contribution >= 0.6 is 48.7 Å². The van der Waals surface area contributed by atoms with Crippen LogP contribution in [-0.4, -0.2) is 0 Å². The van der Waals surface area contributed by atoms with Crippen LogP contribution in [0.25, 0.3) is 0 Å². The summed E-state index contributed by atoms with van der Waals surface area (Å²) in [6, 6.07) is 0. The van der Waals surface area contributed by atoms with Gasteiger partial charge in [0.15, 0.2) is 0 Å². The van der Waals surface area contributed by atoms with Gasteiger partial charge in [-0.2, -0.15) is 0 Å². The fourth-order valence-electron chi connectivity index (χ4n) is 0.356. The molecule has 29 heavy (non-hydrogen) atoms. The minimum atomic E-state index is -5.25. The molecule has 24 N–H and O–H groups in total. The maximum atomic E-state index is 10.1. The van der Waals surface area contributed by atoms with Crippen molar-refractivity contribution < 1.29 is 74.0 Å². The summed E-state index contributed by atoms with van der Waals surface area (Å²) in [5, 5.41) is 0. The van der Waals surface area contributed by atoms with Crippen LogP contribution in [0.2, 0.25) is 0 Å². The molecule has 0 aliphatic rings. The number of phosphoric acid groups is 2. The molecule has 0 radical (unpaired) electrons. The van der Waals surface area contributed by atoms with Gasteiger partial charge < -0.3 is 66.3 Å². The zero-order valence-corrected chi connectivity index (χ0v) is 20.6. The molecule has 4 atom stereocenters. The van der Waals surface area contributed by atoms with Gasteiger partial charge in [0.05, 0.1) is 0 Å². The summed E-state index contributed by atoms with van der Waals surface area (Å²) < 4.78 is 70.8. The van der Waals surface area contributed by atoms with Crippen LogP contribution in [0.4, 0.5) is 0 Å². The molecule has 0 saturated heterocycles. The average Bonchev–Trinajstić information content (AvgIpc) is 2.06. The lowest BCUT2D eigenvalue weighted by molar-refractivity contribution is -0.231. The van der Waals surface area contributed by atoms with E-state index in [0.717, 1.165) is 0 Å². The third-order valence-corrected chi connectivity index (χ3v) is 6.00. The zero-order chi connectivity index (χ0) is 18.1. The molecule has 0 amide bonds. The molecule has 0 aliphatic carbocycles. The second-order valence-corrected chi connectivity index (χ2v) is 8.31. The van der Waals surface area contributed by atoms with E-state index in [1.807, 2.05) is 0 Å². The lowest BCUT2D eigenvalue weighted by Gasteiger charge is -2.08. The van der Waals surface area contributed by atoms with Crippen molar-refractivity contribution in [1.29, 1.82) is 0 Å². The van der Waals surface area contributed by atoms with Gasteiger partial charge in [-0.25, -0.2) is 0 Å². The predicted octanol–water partition coefficient (Wildman–Crippen LogP) is -0.0599. The summed E-state index contributed by atoms with van der Waals surface area (Å²) in [6.07, 6.45) is 0. The zero-order valence-electron chi connectivity index (χ0n) is 15.2. The van der Waals surface area contributed by atoms with Gasteiger partial charge in [0.2, 0.25) is 0 Å². The summed E-state index contributed by atoms with van der Waals surface area (Å²) in [5.41, 5.74) is 0. The van der Waals surface area contributed by atoms with E-state index in [-0.39, 0.29) is 44.3 Å². The van der Waals surface area contributed by atoms with Gasteiger partial charge in [-0.15, -0.1) is 0 Å². The van der Waals surface area contributed by atoms with Crippen molar-refractivity contribution in [2.45, 2.75) is 7.43 Å². The first-order chi connectivity index (χ1) is 9.67. The average molecular weight is 566 g/mol. The highest BCUT2D eigenvalue weighted by molar-refractivity contribution is 7.59. The molecule has 28 heteroatoms. The van der Waals surface area contributed by atoms with Gasteiger partial charge in [0, 0.05) is 0 Å². The Bertz CT molecular complexity index is 466. The van der Waals surface area contributed by atoms with Crippen molar-refractivity contribution in [2.24, 2.45) is 0 Å². The number of hydrogen-bond donors (Lipinski definition) is 6. The fourth-order valence-corrected chi connectivity index (χ4v) is 3.74. The Hall–Kier alpha value is 0.220. The van der Waals surface area contributed by atoms with E-state index in [4.69, 9.17) is 0 Å². The van der Waals surface area contributed by atoms with Crippen molar-refractivity contribution in [2.75, 3.05) is 0 Å². The number of hydrogen-bond acceptors (Lipinski definition) is 16. The molecular formula is CH28N6O16P6+4. The Morgan fingerprint density at radius 2 is 0.586 bits per heavy atom. The summed E-state index contributed by atoms with van der Waals surface area (Å²) >= 11 is 0.